The van der Waals surface area contributed by atoms with E-state index >= 15 is 0 Å². The van der Waals surface area contributed by atoms with Crippen molar-refractivity contribution in [1.82, 2.24) is 29.5 Å². The number of fused-ring (bicyclic) bond motifs is 1. The maximum absolute atomic E-state index is 14.3. The fourth-order valence-corrected chi connectivity index (χ4v) is 3.95. The van der Waals surface area contributed by atoms with Gasteiger partial charge in [-0.2, -0.15) is 15.1 Å². The molecule has 9 nitrogen and oxygen atoms in total. The molecule has 4 heterocycles. The van der Waals surface area contributed by atoms with Crippen molar-refractivity contribution in [1.29, 1.82) is 0 Å². The molecular weight excluding hydrogens is 456 g/mol. The van der Waals surface area contributed by atoms with Gasteiger partial charge in [0.25, 0.3) is 0 Å². The van der Waals surface area contributed by atoms with Gasteiger partial charge in [-0.1, -0.05) is 6.07 Å². The van der Waals surface area contributed by atoms with Gasteiger partial charge in [0.2, 0.25) is 0 Å². The molecule has 4 aromatic rings. The summed E-state index contributed by atoms with van der Waals surface area (Å²) in [5, 5.41) is 7.52. The summed E-state index contributed by atoms with van der Waals surface area (Å²) in [6.07, 6.45) is 5.15. The van der Waals surface area contributed by atoms with E-state index < -0.39 is 17.7 Å². The molecule has 5 rings (SSSR count). The second kappa shape index (κ2) is 10.3. The Labute approximate surface area is 202 Å². The summed E-state index contributed by atoms with van der Waals surface area (Å²) in [6, 6.07) is 6.73. The second-order valence-electron chi connectivity index (χ2n) is 8.20. The number of morpholine rings is 1. The Hall–Kier alpha value is -3.70. The van der Waals surface area contributed by atoms with Crippen molar-refractivity contribution in [3.63, 3.8) is 0 Å². The second-order valence-corrected chi connectivity index (χ2v) is 8.20. The zero-order valence-corrected chi connectivity index (χ0v) is 19.2. The summed E-state index contributed by atoms with van der Waals surface area (Å²) in [5.41, 5.74) is 2.21. The van der Waals surface area contributed by atoms with Crippen LogP contribution in [0.2, 0.25) is 0 Å². The molecular formula is C24H27F2N7O2. The van der Waals surface area contributed by atoms with Crippen molar-refractivity contribution in [2.24, 2.45) is 0 Å². The number of halogens is 2. The van der Waals surface area contributed by atoms with E-state index in [1.807, 2.05) is 0 Å². The largest absolute Gasteiger partial charge is 0.462 e. The highest BCUT2D eigenvalue weighted by atomic mass is 19.1. The Bertz CT molecular complexity index is 1320. The van der Waals surface area contributed by atoms with E-state index in [0.29, 0.717) is 48.1 Å². The van der Waals surface area contributed by atoms with Gasteiger partial charge in [-0.25, -0.2) is 18.3 Å². The van der Waals surface area contributed by atoms with Crippen LogP contribution in [0, 0.1) is 11.6 Å². The Balaban J connectivity index is 0.00000304. The predicted octanol–water partition coefficient (Wildman–Crippen LogP) is 3.59. The average molecular weight is 484 g/mol. The minimum absolute atomic E-state index is 0. The quantitative estimate of drug-likeness (QED) is 0.407. The molecule has 0 unspecified atom stereocenters. The van der Waals surface area contributed by atoms with Gasteiger partial charge in [0.05, 0.1) is 36.7 Å². The van der Waals surface area contributed by atoms with Crippen LogP contribution in [0.25, 0.3) is 16.9 Å². The fraction of sp³-hybridized carbons (Fsp3) is 0.333. The van der Waals surface area contributed by atoms with E-state index in [4.69, 9.17) is 9.47 Å². The third-order valence-corrected chi connectivity index (χ3v) is 5.80. The van der Waals surface area contributed by atoms with Gasteiger partial charge in [0, 0.05) is 51.2 Å². The zero-order valence-electron chi connectivity index (χ0n) is 19.2. The Morgan fingerprint density at radius 3 is 2.89 bits per heavy atom. The molecule has 1 atom stereocenters. The van der Waals surface area contributed by atoms with Crippen molar-refractivity contribution in [3.05, 3.63) is 66.1 Å². The number of hydrogen-bond acceptors (Lipinski definition) is 8. The van der Waals surface area contributed by atoms with E-state index in [0.717, 1.165) is 25.7 Å². The Morgan fingerprint density at radius 2 is 2.06 bits per heavy atom. The van der Waals surface area contributed by atoms with Gasteiger partial charge in [-0.05, 0) is 19.1 Å². The maximum Gasteiger partial charge on any atom is 0.318 e. The van der Waals surface area contributed by atoms with Crippen molar-refractivity contribution in [2.45, 2.75) is 13.0 Å². The van der Waals surface area contributed by atoms with Gasteiger partial charge in [-0.15, -0.1) is 0 Å². The predicted molar refractivity (Wildman–Crippen MR) is 127 cm³/mol. The van der Waals surface area contributed by atoms with Crippen molar-refractivity contribution >= 4 is 11.5 Å². The third kappa shape index (κ3) is 5.36. The Morgan fingerprint density at radius 1 is 1.20 bits per heavy atom. The molecule has 0 bridgehead atoms. The molecule has 0 radical (unpaired) electrons. The molecule has 0 spiro atoms. The molecule has 11 heteroatoms. The van der Waals surface area contributed by atoms with Gasteiger partial charge in [-0.3, -0.25) is 4.90 Å². The normalized spacial score (nSPS) is 15.3. The summed E-state index contributed by atoms with van der Waals surface area (Å²) in [4.78, 5) is 15.7. The van der Waals surface area contributed by atoms with Crippen LogP contribution in [0.15, 0.2) is 48.9 Å². The lowest BCUT2D eigenvalue weighted by Gasteiger charge is -2.26. The zero-order chi connectivity index (χ0) is 24.2. The third-order valence-electron chi connectivity index (χ3n) is 5.80. The first-order chi connectivity index (χ1) is 17.1. The maximum atomic E-state index is 14.3. The topological polar surface area (TPSA) is 89.7 Å². The van der Waals surface area contributed by atoms with Crippen LogP contribution in [0.5, 0.6) is 6.01 Å². The van der Waals surface area contributed by atoms with Crippen LogP contribution >= 0.6 is 0 Å². The summed E-state index contributed by atoms with van der Waals surface area (Å²) in [7, 11) is 0. The Kier molecular flexibility index (Phi) is 6.77. The number of aromatic nitrogens is 5. The molecule has 184 valence electrons. The summed E-state index contributed by atoms with van der Waals surface area (Å²) < 4.78 is 40.6. The highest BCUT2D eigenvalue weighted by molar-refractivity contribution is 5.75. The van der Waals surface area contributed by atoms with Crippen LogP contribution in [0.4, 0.5) is 14.6 Å². The van der Waals surface area contributed by atoms with Crippen LogP contribution in [-0.2, 0) is 4.74 Å². The number of rotatable bonds is 8. The highest BCUT2D eigenvalue weighted by Gasteiger charge is 2.17. The molecule has 0 amide bonds. The smallest absolute Gasteiger partial charge is 0.318 e. The average Bonchev–Trinajstić information content (AvgIpc) is 3.29. The lowest BCUT2D eigenvalue weighted by molar-refractivity contribution is 0.0317. The molecule has 1 aromatic carbocycles. The SMILES string of the molecule is C[C@H](Nc1cc(-c2cnn3cccnc23)nc(OCCN2CCOCC2)n1)c1ccc(F)cc1F.[HH]. The molecule has 1 N–H and O–H groups in total. The van der Waals surface area contributed by atoms with E-state index in [-0.39, 0.29) is 7.44 Å². The van der Waals surface area contributed by atoms with Gasteiger partial charge < -0.3 is 14.8 Å². The molecule has 1 fully saturated rings. The van der Waals surface area contributed by atoms with Crippen LogP contribution in [-0.4, -0.2) is 68.9 Å². The molecule has 35 heavy (non-hydrogen) atoms. The fourth-order valence-electron chi connectivity index (χ4n) is 3.95. The van der Waals surface area contributed by atoms with Gasteiger partial charge >= 0.3 is 6.01 Å². The lowest BCUT2D eigenvalue weighted by Crippen LogP contribution is -2.38. The van der Waals surface area contributed by atoms with Gasteiger partial charge in [0.15, 0.2) is 5.65 Å². The minimum Gasteiger partial charge on any atom is -0.462 e. The van der Waals surface area contributed by atoms with Crippen LogP contribution < -0.4 is 10.1 Å². The standard InChI is InChI=1S/C24H25F2N7O2.H2/c1-16(18-4-3-17(25)13-20(18)26)29-22-14-21(19-15-28-33-6-2-5-27-23(19)33)30-24(31-22)35-12-9-32-7-10-34-11-8-32;/h2-6,13-16H,7-12H2,1H3,(H,29,30,31);1H/t16-;/m0./s1. The number of ether oxygens (including phenoxy) is 2. The summed E-state index contributed by atoms with van der Waals surface area (Å²) >= 11 is 0. The van der Waals surface area contributed by atoms with Crippen LogP contribution in [0.3, 0.4) is 0 Å². The van der Waals surface area contributed by atoms with E-state index in [1.54, 1.807) is 42.2 Å². The number of nitrogens with one attached hydrogen (secondary N) is 1. The monoisotopic (exact) mass is 483 g/mol. The van der Waals surface area contributed by atoms with Crippen molar-refractivity contribution in [2.75, 3.05) is 44.8 Å². The number of anilines is 1. The van der Waals surface area contributed by atoms with Crippen molar-refractivity contribution in [3.8, 4) is 17.3 Å². The first kappa shape index (κ1) is 23.1. The number of hydrogen-bond donors (Lipinski definition) is 1. The van der Waals surface area contributed by atoms with E-state index in [1.165, 1.54) is 12.1 Å². The molecule has 1 aliphatic rings. The van der Waals surface area contributed by atoms with E-state index in [2.05, 4.69) is 30.3 Å². The van der Waals surface area contributed by atoms with Gasteiger partial charge in [0.1, 0.15) is 24.1 Å². The molecule has 0 saturated carbocycles. The lowest BCUT2D eigenvalue weighted by atomic mass is 10.1. The summed E-state index contributed by atoms with van der Waals surface area (Å²) in [6.45, 7) is 6.01. The first-order valence-electron chi connectivity index (χ1n) is 11.4. The van der Waals surface area contributed by atoms with Crippen LogP contribution in [0.1, 0.15) is 20.0 Å². The molecule has 0 aliphatic carbocycles. The summed E-state index contributed by atoms with van der Waals surface area (Å²) in [5.74, 6) is -0.824. The molecule has 1 aliphatic heterocycles. The first-order valence-corrected chi connectivity index (χ1v) is 11.4. The van der Waals surface area contributed by atoms with Crippen molar-refractivity contribution < 1.29 is 19.7 Å². The number of nitrogens with zero attached hydrogens (tertiary/aromatic N) is 6. The van der Waals surface area contributed by atoms with E-state index in [9.17, 15) is 8.78 Å². The molecule has 1 saturated heterocycles. The minimum atomic E-state index is -0.631. The number of benzene rings is 1. The highest BCUT2D eigenvalue weighted by Crippen LogP contribution is 2.28. The molecule has 3 aromatic heterocycles.